The highest BCUT2D eigenvalue weighted by molar-refractivity contribution is 7.86. The molecule has 0 heterocycles. The van der Waals surface area contributed by atoms with E-state index in [2.05, 4.69) is 0 Å². The molecule has 0 bridgehead atoms. The van der Waals surface area contributed by atoms with Crippen LogP contribution >= 0.6 is 0 Å². The van der Waals surface area contributed by atoms with E-state index in [4.69, 9.17) is 4.55 Å². The Hall–Kier alpha value is -2.18. The molecular formula is C14H8AlO7S. The Morgan fingerprint density at radius 2 is 1.35 bits per heavy atom. The molecule has 0 spiro atoms. The zero-order valence-corrected chi connectivity index (χ0v) is 13.3. The second-order valence-electron chi connectivity index (χ2n) is 4.67. The first kappa shape index (κ1) is 17.2. The highest BCUT2D eigenvalue weighted by Gasteiger charge is 2.37. The number of fused-ring (bicyclic) bond motifs is 2. The molecule has 0 amide bonds. The van der Waals surface area contributed by atoms with Gasteiger partial charge >= 0.3 is 0 Å². The van der Waals surface area contributed by atoms with E-state index in [0.29, 0.717) is 6.07 Å². The molecule has 0 saturated carbocycles. The van der Waals surface area contributed by atoms with Crippen molar-refractivity contribution in [1.82, 2.24) is 0 Å². The lowest BCUT2D eigenvalue weighted by Gasteiger charge is -2.20. The van der Waals surface area contributed by atoms with Crippen molar-refractivity contribution in [2.75, 3.05) is 0 Å². The van der Waals surface area contributed by atoms with Gasteiger partial charge in [-0.1, -0.05) is 24.3 Å². The Bertz CT molecular complexity index is 963. The average Bonchev–Trinajstić information content (AvgIpc) is 2.45. The molecule has 3 N–H and O–H groups in total. The maximum atomic E-state index is 12.4. The molecule has 1 aliphatic rings. The molecule has 3 rings (SSSR count). The summed E-state index contributed by atoms with van der Waals surface area (Å²) in [5.74, 6) is -3.42. The average molecular weight is 347 g/mol. The number of carbonyl (C=O) groups excluding carboxylic acids is 2. The Kier molecular flexibility index (Phi) is 4.09. The summed E-state index contributed by atoms with van der Waals surface area (Å²) >= 11 is 0. The van der Waals surface area contributed by atoms with Crippen LogP contribution in [0.15, 0.2) is 35.2 Å². The highest BCUT2D eigenvalue weighted by atomic mass is 32.2. The van der Waals surface area contributed by atoms with Gasteiger partial charge in [0.15, 0.2) is 11.6 Å². The molecule has 23 heavy (non-hydrogen) atoms. The Morgan fingerprint density at radius 1 is 0.870 bits per heavy atom. The number of phenols is 2. The first-order chi connectivity index (χ1) is 10.2. The fourth-order valence-corrected chi connectivity index (χ4v) is 3.04. The van der Waals surface area contributed by atoms with E-state index in [9.17, 15) is 28.2 Å². The summed E-state index contributed by atoms with van der Waals surface area (Å²) in [6.45, 7) is 0. The normalized spacial score (nSPS) is 13.1. The second-order valence-corrected chi connectivity index (χ2v) is 6.06. The van der Waals surface area contributed by atoms with E-state index < -0.39 is 49.2 Å². The summed E-state index contributed by atoms with van der Waals surface area (Å²) in [6, 6.07) is 6.28. The van der Waals surface area contributed by atoms with Gasteiger partial charge in [0.05, 0.1) is 11.1 Å². The predicted molar refractivity (Wildman–Crippen MR) is 78.6 cm³/mol. The van der Waals surface area contributed by atoms with Crippen LogP contribution in [-0.2, 0) is 10.1 Å². The number of ketones is 2. The minimum absolute atomic E-state index is 0. The van der Waals surface area contributed by atoms with Crippen molar-refractivity contribution in [3.63, 3.8) is 0 Å². The van der Waals surface area contributed by atoms with Gasteiger partial charge in [0.1, 0.15) is 16.4 Å². The monoisotopic (exact) mass is 347 g/mol. The third kappa shape index (κ3) is 2.44. The number of benzene rings is 2. The molecule has 115 valence electrons. The van der Waals surface area contributed by atoms with Gasteiger partial charge in [-0.15, -0.1) is 0 Å². The van der Waals surface area contributed by atoms with Crippen molar-refractivity contribution in [1.29, 1.82) is 0 Å². The Morgan fingerprint density at radius 3 is 1.83 bits per heavy atom. The van der Waals surface area contributed by atoms with Gasteiger partial charge in [0, 0.05) is 34.6 Å². The molecule has 2 aromatic carbocycles. The minimum atomic E-state index is -4.88. The zero-order chi connectivity index (χ0) is 16.2. The lowest BCUT2D eigenvalue weighted by molar-refractivity contribution is 0.0973. The maximum Gasteiger partial charge on any atom is 0.298 e. The summed E-state index contributed by atoms with van der Waals surface area (Å²) in [5, 5.41) is 19.9. The minimum Gasteiger partial charge on any atom is -0.507 e. The zero-order valence-electron chi connectivity index (χ0n) is 11.3. The van der Waals surface area contributed by atoms with E-state index in [1.807, 2.05) is 0 Å². The molecule has 0 unspecified atom stereocenters. The second kappa shape index (κ2) is 5.47. The third-order valence-electron chi connectivity index (χ3n) is 3.39. The summed E-state index contributed by atoms with van der Waals surface area (Å²) < 4.78 is 31.5. The van der Waals surface area contributed by atoms with Crippen LogP contribution < -0.4 is 0 Å². The number of hydrogen-bond donors (Lipinski definition) is 3. The van der Waals surface area contributed by atoms with E-state index in [1.165, 1.54) is 24.3 Å². The Balaban J connectivity index is 0.00000192. The van der Waals surface area contributed by atoms with Gasteiger partial charge < -0.3 is 10.2 Å². The molecule has 3 radical (unpaired) electrons. The molecule has 9 heteroatoms. The number of rotatable bonds is 1. The third-order valence-corrected chi connectivity index (χ3v) is 4.26. The van der Waals surface area contributed by atoms with Crippen LogP contribution in [0.5, 0.6) is 11.5 Å². The molecular weight excluding hydrogens is 339 g/mol. The number of hydrogen-bond acceptors (Lipinski definition) is 6. The van der Waals surface area contributed by atoms with E-state index in [-0.39, 0.29) is 28.5 Å². The van der Waals surface area contributed by atoms with Gasteiger partial charge in [-0.25, -0.2) is 0 Å². The van der Waals surface area contributed by atoms with Crippen LogP contribution in [0.25, 0.3) is 0 Å². The van der Waals surface area contributed by atoms with Crippen LogP contribution in [0.4, 0.5) is 0 Å². The molecule has 0 atom stereocenters. The molecule has 7 nitrogen and oxygen atoms in total. The predicted octanol–water partition coefficient (Wildman–Crippen LogP) is 0.739. The van der Waals surface area contributed by atoms with E-state index in [1.54, 1.807) is 0 Å². The van der Waals surface area contributed by atoms with Gasteiger partial charge in [-0.05, 0) is 0 Å². The van der Waals surface area contributed by atoms with Crippen molar-refractivity contribution < 1.29 is 32.8 Å². The Labute approximate surface area is 141 Å². The molecule has 1 aliphatic carbocycles. The highest BCUT2D eigenvalue weighted by Crippen LogP contribution is 2.41. The topological polar surface area (TPSA) is 129 Å². The first-order valence-electron chi connectivity index (χ1n) is 5.98. The lowest BCUT2D eigenvalue weighted by Crippen LogP contribution is -2.22. The van der Waals surface area contributed by atoms with Crippen molar-refractivity contribution in [3.05, 3.63) is 52.6 Å². The van der Waals surface area contributed by atoms with Crippen LogP contribution in [0.3, 0.4) is 0 Å². The van der Waals surface area contributed by atoms with Crippen molar-refractivity contribution >= 4 is 39.0 Å². The SMILES string of the molecule is O=C1c2ccccc2C(=O)c2c(O)c(S(=O)(=O)O)cc(O)c21.[Al]. The van der Waals surface area contributed by atoms with Crippen LogP contribution in [-0.4, -0.2) is 52.1 Å². The van der Waals surface area contributed by atoms with Gasteiger partial charge in [-0.2, -0.15) is 8.42 Å². The van der Waals surface area contributed by atoms with Gasteiger partial charge in [0.25, 0.3) is 10.1 Å². The van der Waals surface area contributed by atoms with Crippen LogP contribution in [0.1, 0.15) is 31.8 Å². The fraction of sp³-hybridized carbons (Fsp3) is 0. The fourth-order valence-electron chi connectivity index (χ4n) is 2.43. The molecule has 0 aliphatic heterocycles. The standard InChI is InChI=1S/C14H8O7S.Al/c15-8-5-9(22(19,20)21)14(18)11-10(8)12(16)6-3-1-2-4-7(6)13(11)17;/h1-5,15,18H,(H,19,20,21);. The molecule has 0 saturated heterocycles. The van der Waals surface area contributed by atoms with Gasteiger partial charge in [0.2, 0.25) is 0 Å². The quantitative estimate of drug-likeness (QED) is 0.336. The molecule has 2 aromatic rings. The van der Waals surface area contributed by atoms with Crippen molar-refractivity contribution in [3.8, 4) is 11.5 Å². The van der Waals surface area contributed by atoms with Crippen molar-refractivity contribution in [2.24, 2.45) is 0 Å². The van der Waals surface area contributed by atoms with Crippen molar-refractivity contribution in [2.45, 2.75) is 4.90 Å². The smallest absolute Gasteiger partial charge is 0.298 e. The van der Waals surface area contributed by atoms with Gasteiger partial charge in [-0.3, -0.25) is 14.1 Å². The largest absolute Gasteiger partial charge is 0.507 e. The summed E-state index contributed by atoms with van der Waals surface area (Å²) in [4.78, 5) is 23.7. The maximum absolute atomic E-state index is 12.4. The lowest BCUT2D eigenvalue weighted by atomic mass is 9.83. The molecule has 0 aromatic heterocycles. The molecule has 0 fully saturated rings. The van der Waals surface area contributed by atoms with E-state index >= 15 is 0 Å². The number of carbonyl (C=O) groups is 2. The first-order valence-corrected chi connectivity index (χ1v) is 7.42. The number of aromatic hydroxyl groups is 2. The summed E-state index contributed by atoms with van der Waals surface area (Å²) in [7, 11) is -4.88. The summed E-state index contributed by atoms with van der Waals surface area (Å²) in [6.07, 6.45) is 0. The van der Waals surface area contributed by atoms with Crippen LogP contribution in [0, 0.1) is 0 Å². The van der Waals surface area contributed by atoms with E-state index in [0.717, 1.165) is 0 Å². The van der Waals surface area contributed by atoms with Crippen LogP contribution in [0.2, 0.25) is 0 Å². The summed E-state index contributed by atoms with van der Waals surface area (Å²) in [5.41, 5.74) is -1.12. The number of phenolic OH excluding ortho intramolecular Hbond substituents is 2.